The summed E-state index contributed by atoms with van der Waals surface area (Å²) in [5.74, 6) is 0.945. The first-order chi connectivity index (χ1) is 10.2. The first-order valence-electron chi connectivity index (χ1n) is 7.84. The molecule has 1 aromatic rings. The topological polar surface area (TPSA) is 38.3 Å². The third-order valence-corrected chi connectivity index (χ3v) is 5.80. The highest BCUT2D eigenvalue weighted by atomic mass is 79.9. The van der Waals surface area contributed by atoms with Gasteiger partial charge in [0.25, 0.3) is 0 Å². The van der Waals surface area contributed by atoms with E-state index < -0.39 is 0 Å². The Hall–Kier alpha value is -1.03. The Morgan fingerprint density at radius 3 is 2.81 bits per heavy atom. The van der Waals surface area contributed by atoms with Crippen molar-refractivity contribution in [2.45, 2.75) is 50.0 Å². The van der Waals surface area contributed by atoms with Crippen molar-refractivity contribution in [3.05, 3.63) is 29.8 Å². The summed E-state index contributed by atoms with van der Waals surface area (Å²) >= 11 is 3.61. The Morgan fingerprint density at radius 1 is 1.29 bits per heavy atom. The summed E-state index contributed by atoms with van der Waals surface area (Å²) in [6, 6.07) is 7.91. The molecule has 3 nitrogen and oxygen atoms in total. The van der Waals surface area contributed by atoms with Crippen molar-refractivity contribution in [2.24, 2.45) is 0 Å². The molecule has 3 rings (SSSR count). The van der Waals surface area contributed by atoms with Crippen LogP contribution in [0.25, 0.3) is 0 Å². The molecule has 1 atom stereocenters. The van der Waals surface area contributed by atoms with Gasteiger partial charge in [0.1, 0.15) is 5.75 Å². The number of para-hydroxylation sites is 1. The fourth-order valence-corrected chi connectivity index (χ4v) is 4.18. The number of fused-ring (bicyclic) bond motifs is 1. The first kappa shape index (κ1) is 14.9. The summed E-state index contributed by atoms with van der Waals surface area (Å²) in [7, 11) is 0. The molecule has 0 bridgehead atoms. The van der Waals surface area contributed by atoms with Gasteiger partial charge in [-0.2, -0.15) is 0 Å². The largest absolute Gasteiger partial charge is 0.493 e. The van der Waals surface area contributed by atoms with E-state index in [2.05, 4.69) is 21.2 Å². The predicted molar refractivity (Wildman–Crippen MR) is 87.0 cm³/mol. The molecule has 1 amide bonds. The summed E-state index contributed by atoms with van der Waals surface area (Å²) in [6.45, 7) is 0.621. The average molecular weight is 352 g/mol. The third-order valence-electron chi connectivity index (χ3n) is 4.73. The van der Waals surface area contributed by atoms with E-state index in [0.29, 0.717) is 6.61 Å². The number of nitrogens with one attached hydrogen (secondary N) is 1. The number of carbonyl (C=O) groups excluding carboxylic acids is 1. The fourth-order valence-electron chi connectivity index (χ4n) is 3.48. The zero-order valence-electron chi connectivity index (χ0n) is 12.2. The summed E-state index contributed by atoms with van der Waals surface area (Å²) in [4.78, 5) is 12.8. The molecule has 1 unspecified atom stereocenters. The Morgan fingerprint density at radius 2 is 2.05 bits per heavy atom. The molecule has 1 aromatic carbocycles. The number of hydrogen-bond donors (Lipinski definition) is 1. The van der Waals surface area contributed by atoms with Crippen molar-refractivity contribution in [2.75, 3.05) is 11.9 Å². The molecule has 4 heteroatoms. The van der Waals surface area contributed by atoms with Crippen LogP contribution in [0, 0.1) is 0 Å². The molecular formula is C17H22BrNO2. The second kappa shape index (κ2) is 6.39. The van der Waals surface area contributed by atoms with Gasteiger partial charge in [-0.05, 0) is 25.3 Å². The summed E-state index contributed by atoms with van der Waals surface area (Å²) in [5.41, 5.74) is 0.976. The van der Waals surface area contributed by atoms with Gasteiger partial charge in [0.05, 0.1) is 12.5 Å². The minimum absolute atomic E-state index is 0.0530. The molecule has 1 heterocycles. The molecule has 2 aliphatic rings. The Kier molecular flexibility index (Phi) is 4.53. The van der Waals surface area contributed by atoms with E-state index in [4.69, 9.17) is 4.74 Å². The second-order valence-corrected chi connectivity index (χ2v) is 6.75. The Labute approximate surface area is 134 Å². The van der Waals surface area contributed by atoms with Crippen LogP contribution in [0.5, 0.6) is 5.75 Å². The zero-order valence-corrected chi connectivity index (χ0v) is 13.8. The lowest BCUT2D eigenvalue weighted by Crippen LogP contribution is -2.52. The molecule has 114 valence electrons. The zero-order chi connectivity index (χ0) is 14.7. The van der Waals surface area contributed by atoms with Gasteiger partial charge >= 0.3 is 0 Å². The van der Waals surface area contributed by atoms with Crippen LogP contribution in [0.4, 0.5) is 0 Å². The number of carbonyl (C=O) groups is 1. The van der Waals surface area contributed by atoms with Crippen molar-refractivity contribution in [3.63, 3.8) is 0 Å². The number of halogens is 1. The second-order valence-electron chi connectivity index (χ2n) is 6.19. The van der Waals surface area contributed by atoms with E-state index in [-0.39, 0.29) is 17.4 Å². The van der Waals surface area contributed by atoms with Crippen LogP contribution in [0.15, 0.2) is 24.3 Å². The maximum atomic E-state index is 12.8. The number of benzene rings is 1. The monoisotopic (exact) mass is 351 g/mol. The summed E-state index contributed by atoms with van der Waals surface area (Å²) in [6.07, 6.45) is 6.61. The Balaban J connectivity index is 1.77. The molecule has 1 aliphatic carbocycles. The molecule has 0 saturated heterocycles. The minimum atomic E-state index is -0.0761. The van der Waals surface area contributed by atoms with Crippen molar-refractivity contribution in [1.29, 1.82) is 0 Å². The van der Waals surface area contributed by atoms with Gasteiger partial charge in [0.2, 0.25) is 5.91 Å². The number of amides is 1. The van der Waals surface area contributed by atoms with E-state index in [0.717, 1.165) is 35.9 Å². The van der Waals surface area contributed by atoms with Crippen molar-refractivity contribution >= 4 is 21.8 Å². The molecule has 0 aromatic heterocycles. The van der Waals surface area contributed by atoms with Crippen molar-refractivity contribution in [1.82, 2.24) is 5.32 Å². The van der Waals surface area contributed by atoms with Crippen LogP contribution >= 0.6 is 15.9 Å². The van der Waals surface area contributed by atoms with Crippen molar-refractivity contribution in [3.8, 4) is 5.75 Å². The van der Waals surface area contributed by atoms with Crippen LogP contribution in [0.2, 0.25) is 0 Å². The summed E-state index contributed by atoms with van der Waals surface area (Å²) < 4.78 is 5.66. The smallest absolute Gasteiger partial charge is 0.228 e. The standard InChI is InChI=1S/C17H22BrNO2/c18-12-17(9-4-1-5-10-17)19-16(20)14-8-11-21-15-7-3-2-6-13(14)15/h2-3,6-7,14H,1,4-5,8-12H2,(H,19,20). The van der Waals surface area contributed by atoms with Crippen molar-refractivity contribution < 1.29 is 9.53 Å². The van der Waals surface area contributed by atoms with E-state index in [1.807, 2.05) is 24.3 Å². The molecule has 1 fully saturated rings. The number of alkyl halides is 1. The molecule has 1 N–H and O–H groups in total. The number of ether oxygens (including phenoxy) is 1. The molecule has 1 aliphatic heterocycles. The highest BCUT2D eigenvalue weighted by molar-refractivity contribution is 9.09. The fraction of sp³-hybridized carbons (Fsp3) is 0.588. The van der Waals surface area contributed by atoms with Gasteiger partial charge in [-0.25, -0.2) is 0 Å². The minimum Gasteiger partial charge on any atom is -0.493 e. The predicted octanol–water partition coefficient (Wildman–Crippen LogP) is 3.77. The maximum absolute atomic E-state index is 12.8. The van der Waals surface area contributed by atoms with Crippen LogP contribution in [-0.2, 0) is 4.79 Å². The van der Waals surface area contributed by atoms with Crippen LogP contribution in [0.3, 0.4) is 0 Å². The van der Waals surface area contributed by atoms with E-state index >= 15 is 0 Å². The van der Waals surface area contributed by atoms with Crippen LogP contribution in [0.1, 0.15) is 50.0 Å². The van der Waals surface area contributed by atoms with Crippen LogP contribution in [-0.4, -0.2) is 23.4 Å². The van der Waals surface area contributed by atoms with Crippen LogP contribution < -0.4 is 10.1 Å². The molecule has 21 heavy (non-hydrogen) atoms. The molecule has 0 radical (unpaired) electrons. The van der Waals surface area contributed by atoms with E-state index in [1.165, 1.54) is 19.3 Å². The van der Waals surface area contributed by atoms with Gasteiger partial charge in [-0.15, -0.1) is 0 Å². The van der Waals surface area contributed by atoms with Gasteiger partial charge in [0, 0.05) is 16.4 Å². The van der Waals surface area contributed by atoms with Gasteiger partial charge in [-0.1, -0.05) is 53.4 Å². The highest BCUT2D eigenvalue weighted by Crippen LogP contribution is 2.35. The lowest BCUT2D eigenvalue weighted by molar-refractivity contribution is -0.125. The molecular weight excluding hydrogens is 330 g/mol. The number of rotatable bonds is 3. The quantitative estimate of drug-likeness (QED) is 0.841. The lowest BCUT2D eigenvalue weighted by atomic mass is 9.82. The SMILES string of the molecule is O=C(NC1(CBr)CCCCC1)C1CCOc2ccccc21. The lowest BCUT2D eigenvalue weighted by Gasteiger charge is -2.38. The normalized spacial score (nSPS) is 23.8. The number of hydrogen-bond acceptors (Lipinski definition) is 2. The Bertz CT molecular complexity index is 511. The van der Waals surface area contributed by atoms with Gasteiger partial charge in [-0.3, -0.25) is 4.79 Å². The first-order valence-corrected chi connectivity index (χ1v) is 8.96. The third kappa shape index (κ3) is 3.10. The van der Waals surface area contributed by atoms with E-state index in [9.17, 15) is 4.79 Å². The highest BCUT2D eigenvalue weighted by Gasteiger charge is 2.36. The van der Waals surface area contributed by atoms with E-state index in [1.54, 1.807) is 0 Å². The average Bonchev–Trinajstić information content (AvgIpc) is 2.55. The molecule has 1 saturated carbocycles. The van der Waals surface area contributed by atoms with Gasteiger partial charge in [0.15, 0.2) is 0 Å². The maximum Gasteiger partial charge on any atom is 0.228 e. The van der Waals surface area contributed by atoms with Gasteiger partial charge < -0.3 is 10.1 Å². The summed E-state index contributed by atoms with van der Waals surface area (Å²) in [5, 5.41) is 4.20. The molecule has 0 spiro atoms.